The van der Waals surface area contributed by atoms with E-state index in [1.54, 1.807) is 22.5 Å². The van der Waals surface area contributed by atoms with Crippen LogP contribution in [0.15, 0.2) is 54.0 Å². The van der Waals surface area contributed by atoms with Crippen LogP contribution in [0.25, 0.3) is 11.3 Å². The first-order chi connectivity index (χ1) is 13.6. The SMILES string of the molecule is O=C(CN1C(=O)CCCc2ccccc21)Nc1scnc1-c1ccc(F)cc1. The van der Waals surface area contributed by atoms with Gasteiger partial charge in [-0.1, -0.05) is 18.2 Å². The lowest BCUT2D eigenvalue weighted by Crippen LogP contribution is -2.37. The molecule has 3 aromatic rings. The molecule has 28 heavy (non-hydrogen) atoms. The summed E-state index contributed by atoms with van der Waals surface area (Å²) in [5, 5.41) is 3.43. The third kappa shape index (κ3) is 3.80. The standard InChI is InChI=1S/C21H18FN3O2S/c22-16-10-8-15(9-11-16)20-21(28-13-23-20)24-18(26)12-25-17-6-2-1-4-14(17)5-3-7-19(25)27/h1-2,4,6,8-11,13H,3,5,7,12H2,(H,24,26). The van der Waals surface area contributed by atoms with Gasteiger partial charge in [0, 0.05) is 17.7 Å². The largest absolute Gasteiger partial charge is 0.314 e. The lowest BCUT2D eigenvalue weighted by molar-refractivity contribution is -0.121. The van der Waals surface area contributed by atoms with Gasteiger partial charge in [-0.2, -0.15) is 0 Å². The van der Waals surface area contributed by atoms with Crippen LogP contribution in [0.1, 0.15) is 18.4 Å². The molecule has 0 radical (unpaired) electrons. The Morgan fingerprint density at radius 1 is 1.14 bits per heavy atom. The van der Waals surface area contributed by atoms with E-state index in [9.17, 15) is 14.0 Å². The van der Waals surface area contributed by atoms with Crippen molar-refractivity contribution >= 4 is 33.8 Å². The normalized spacial score (nSPS) is 13.8. The van der Waals surface area contributed by atoms with Crippen LogP contribution in [0.2, 0.25) is 0 Å². The van der Waals surface area contributed by atoms with Crippen molar-refractivity contribution in [1.82, 2.24) is 4.98 Å². The van der Waals surface area contributed by atoms with E-state index in [1.165, 1.54) is 23.5 Å². The highest BCUT2D eigenvalue weighted by Gasteiger charge is 2.24. The summed E-state index contributed by atoms with van der Waals surface area (Å²) in [7, 11) is 0. The Balaban J connectivity index is 1.53. The molecule has 0 bridgehead atoms. The Hall–Kier alpha value is -3.06. The van der Waals surface area contributed by atoms with Crippen molar-refractivity contribution in [1.29, 1.82) is 0 Å². The molecule has 1 aliphatic heterocycles. The number of hydrogen-bond donors (Lipinski definition) is 1. The van der Waals surface area contributed by atoms with Crippen molar-refractivity contribution < 1.29 is 14.0 Å². The highest BCUT2D eigenvalue weighted by molar-refractivity contribution is 7.14. The first kappa shape index (κ1) is 18.3. The molecule has 4 rings (SSSR count). The smallest absolute Gasteiger partial charge is 0.245 e. The number of halogens is 1. The number of aryl methyl sites for hydroxylation is 1. The van der Waals surface area contributed by atoms with Crippen molar-refractivity contribution in [2.24, 2.45) is 0 Å². The van der Waals surface area contributed by atoms with Crippen molar-refractivity contribution in [2.75, 3.05) is 16.8 Å². The van der Waals surface area contributed by atoms with Crippen LogP contribution in [0, 0.1) is 5.82 Å². The molecular weight excluding hydrogens is 377 g/mol. The number of fused-ring (bicyclic) bond motifs is 1. The first-order valence-corrected chi connectivity index (χ1v) is 9.87. The van der Waals surface area contributed by atoms with Gasteiger partial charge >= 0.3 is 0 Å². The molecule has 2 aromatic carbocycles. The number of amides is 2. The van der Waals surface area contributed by atoms with Gasteiger partial charge in [-0.3, -0.25) is 9.59 Å². The molecule has 0 saturated carbocycles. The summed E-state index contributed by atoms with van der Waals surface area (Å²) >= 11 is 1.29. The highest BCUT2D eigenvalue weighted by atomic mass is 32.1. The quantitative estimate of drug-likeness (QED) is 0.718. The van der Waals surface area contributed by atoms with Crippen molar-refractivity contribution in [3.8, 4) is 11.3 Å². The van der Waals surface area contributed by atoms with Crippen LogP contribution in [0.5, 0.6) is 0 Å². The van der Waals surface area contributed by atoms with Gasteiger partial charge in [0.1, 0.15) is 23.1 Å². The second-order valence-electron chi connectivity index (χ2n) is 6.55. The number of rotatable bonds is 4. The number of anilines is 2. The van der Waals surface area contributed by atoms with E-state index in [0.29, 0.717) is 22.7 Å². The van der Waals surface area contributed by atoms with Gasteiger partial charge < -0.3 is 10.2 Å². The highest BCUT2D eigenvalue weighted by Crippen LogP contribution is 2.31. The average Bonchev–Trinajstić information content (AvgIpc) is 3.08. The Morgan fingerprint density at radius 3 is 2.75 bits per heavy atom. The van der Waals surface area contributed by atoms with E-state index in [0.717, 1.165) is 24.1 Å². The molecule has 142 valence electrons. The first-order valence-electron chi connectivity index (χ1n) is 8.99. The lowest BCUT2D eigenvalue weighted by atomic mass is 10.1. The number of carbonyl (C=O) groups is 2. The zero-order chi connectivity index (χ0) is 19.5. The maximum Gasteiger partial charge on any atom is 0.245 e. The fourth-order valence-electron chi connectivity index (χ4n) is 3.32. The van der Waals surface area contributed by atoms with Crippen molar-refractivity contribution in [3.05, 3.63) is 65.4 Å². The predicted octanol–water partition coefficient (Wildman–Crippen LogP) is 4.26. The van der Waals surface area contributed by atoms with Crippen LogP contribution < -0.4 is 10.2 Å². The summed E-state index contributed by atoms with van der Waals surface area (Å²) in [6.07, 6.45) is 2.02. The molecule has 0 saturated heterocycles. The molecule has 5 nitrogen and oxygen atoms in total. The minimum absolute atomic E-state index is 0.0526. The van der Waals surface area contributed by atoms with Gasteiger partial charge in [-0.25, -0.2) is 9.37 Å². The topological polar surface area (TPSA) is 62.3 Å². The third-order valence-electron chi connectivity index (χ3n) is 4.66. The van der Waals surface area contributed by atoms with Gasteiger partial charge in [0.15, 0.2) is 0 Å². The van der Waals surface area contributed by atoms with Crippen LogP contribution in [-0.4, -0.2) is 23.3 Å². The Labute approximate surface area is 165 Å². The molecule has 2 heterocycles. The monoisotopic (exact) mass is 395 g/mol. The Morgan fingerprint density at radius 2 is 1.93 bits per heavy atom. The molecule has 0 unspecified atom stereocenters. The van der Waals surface area contributed by atoms with Crippen LogP contribution in [-0.2, 0) is 16.0 Å². The fourth-order valence-corrected chi connectivity index (χ4v) is 4.03. The molecule has 0 atom stereocenters. The molecule has 0 fully saturated rings. The fraction of sp³-hybridized carbons (Fsp3) is 0.190. The van der Waals surface area contributed by atoms with Crippen molar-refractivity contribution in [3.63, 3.8) is 0 Å². The average molecular weight is 395 g/mol. The number of nitrogens with zero attached hydrogens (tertiary/aromatic N) is 2. The number of para-hydroxylation sites is 1. The van der Waals surface area contributed by atoms with Crippen LogP contribution in [0.4, 0.5) is 15.1 Å². The Kier molecular flexibility index (Phi) is 5.16. The summed E-state index contributed by atoms with van der Waals surface area (Å²) in [6.45, 7) is -0.0589. The van der Waals surface area contributed by atoms with Gasteiger partial charge in [0.25, 0.3) is 0 Å². The second kappa shape index (κ2) is 7.90. The summed E-state index contributed by atoms with van der Waals surface area (Å²) in [5.74, 6) is -0.677. The minimum atomic E-state index is -0.331. The number of aromatic nitrogens is 1. The van der Waals surface area contributed by atoms with Gasteiger partial charge in [-0.05, 0) is 48.7 Å². The summed E-state index contributed by atoms with van der Waals surface area (Å²) < 4.78 is 13.2. The van der Waals surface area contributed by atoms with Gasteiger partial charge in [-0.15, -0.1) is 11.3 Å². The maximum atomic E-state index is 13.2. The molecule has 1 N–H and O–H groups in total. The van der Waals surface area contributed by atoms with E-state index in [4.69, 9.17) is 0 Å². The molecule has 1 aliphatic rings. The van der Waals surface area contributed by atoms with E-state index >= 15 is 0 Å². The molecule has 2 amide bonds. The summed E-state index contributed by atoms with van der Waals surface area (Å²) in [4.78, 5) is 31.1. The van der Waals surface area contributed by atoms with Gasteiger partial charge in [0.05, 0.1) is 5.51 Å². The predicted molar refractivity (Wildman–Crippen MR) is 108 cm³/mol. The van der Waals surface area contributed by atoms with Crippen LogP contribution in [0.3, 0.4) is 0 Å². The molecule has 0 spiro atoms. The molecule has 0 aliphatic carbocycles. The lowest BCUT2D eigenvalue weighted by Gasteiger charge is -2.22. The zero-order valence-corrected chi connectivity index (χ0v) is 15.8. The number of benzene rings is 2. The number of thiazole rings is 1. The second-order valence-corrected chi connectivity index (χ2v) is 7.40. The van der Waals surface area contributed by atoms with E-state index < -0.39 is 0 Å². The Bertz CT molecular complexity index is 1020. The molecular formula is C21H18FN3O2S. The van der Waals surface area contributed by atoms with E-state index in [-0.39, 0.29) is 24.2 Å². The van der Waals surface area contributed by atoms with Crippen molar-refractivity contribution in [2.45, 2.75) is 19.3 Å². The summed E-state index contributed by atoms with van der Waals surface area (Å²) in [5.41, 5.74) is 4.80. The molecule has 1 aromatic heterocycles. The summed E-state index contributed by atoms with van der Waals surface area (Å²) in [6, 6.07) is 13.6. The third-order valence-corrected chi connectivity index (χ3v) is 5.40. The minimum Gasteiger partial charge on any atom is -0.314 e. The van der Waals surface area contributed by atoms with E-state index in [2.05, 4.69) is 10.3 Å². The maximum absolute atomic E-state index is 13.2. The number of carbonyl (C=O) groups excluding carboxylic acids is 2. The van der Waals surface area contributed by atoms with Crippen LogP contribution >= 0.6 is 11.3 Å². The van der Waals surface area contributed by atoms with Gasteiger partial charge in [0.2, 0.25) is 11.8 Å². The number of hydrogen-bond acceptors (Lipinski definition) is 4. The zero-order valence-electron chi connectivity index (χ0n) is 15.0. The molecule has 7 heteroatoms. The van der Waals surface area contributed by atoms with E-state index in [1.807, 2.05) is 24.3 Å². The number of nitrogens with one attached hydrogen (secondary N) is 1.